The van der Waals surface area contributed by atoms with Crippen LogP contribution in [0.5, 0.6) is 0 Å². The van der Waals surface area contributed by atoms with E-state index < -0.39 is 0 Å². The fourth-order valence-corrected chi connectivity index (χ4v) is 3.26. The number of benzene rings is 2. The smallest absolute Gasteiger partial charge is 0.188 e. The van der Waals surface area contributed by atoms with Gasteiger partial charge < -0.3 is 5.32 Å². The predicted molar refractivity (Wildman–Crippen MR) is 86.8 cm³/mol. The van der Waals surface area contributed by atoms with Gasteiger partial charge in [0.05, 0.1) is 15.2 Å². The van der Waals surface area contributed by atoms with Gasteiger partial charge in [-0.3, -0.25) is 0 Å². The molecule has 2 aromatic carbocycles. The molecule has 0 atom stereocenters. The van der Waals surface area contributed by atoms with Gasteiger partial charge in [-0.25, -0.2) is 4.98 Å². The molecular formula is C14H10BrClN2S. The zero-order chi connectivity index (χ0) is 13.4. The van der Waals surface area contributed by atoms with E-state index in [-0.39, 0.29) is 0 Å². The van der Waals surface area contributed by atoms with Crippen LogP contribution in [0.25, 0.3) is 10.2 Å². The third-order valence-electron chi connectivity index (χ3n) is 2.71. The zero-order valence-corrected chi connectivity index (χ0v) is 13.2. The van der Waals surface area contributed by atoms with Crippen LogP contribution in [0.2, 0.25) is 5.02 Å². The number of aromatic nitrogens is 1. The van der Waals surface area contributed by atoms with E-state index in [1.165, 1.54) is 10.3 Å². The summed E-state index contributed by atoms with van der Waals surface area (Å²) < 4.78 is 2.06. The van der Waals surface area contributed by atoms with E-state index in [0.29, 0.717) is 5.02 Å². The highest BCUT2D eigenvalue weighted by atomic mass is 79.9. The number of nitrogens with one attached hydrogen (secondary N) is 1. The summed E-state index contributed by atoms with van der Waals surface area (Å²) in [4.78, 5) is 4.56. The number of hydrogen-bond donors (Lipinski definition) is 1. The Hall–Kier alpha value is -1.10. The van der Waals surface area contributed by atoms with Crippen LogP contribution in [0, 0.1) is 6.92 Å². The molecule has 0 aliphatic heterocycles. The van der Waals surface area contributed by atoms with Crippen LogP contribution >= 0.6 is 38.9 Å². The molecule has 3 aromatic rings. The monoisotopic (exact) mass is 352 g/mol. The maximum atomic E-state index is 5.98. The van der Waals surface area contributed by atoms with E-state index in [1.807, 2.05) is 24.3 Å². The molecule has 1 aromatic heterocycles. The topological polar surface area (TPSA) is 24.9 Å². The molecule has 0 aliphatic carbocycles. The van der Waals surface area contributed by atoms with Gasteiger partial charge >= 0.3 is 0 Å². The lowest BCUT2D eigenvalue weighted by Crippen LogP contribution is -1.88. The molecule has 0 bridgehead atoms. The third-order valence-corrected chi connectivity index (χ3v) is 4.86. The van der Waals surface area contributed by atoms with Crippen molar-refractivity contribution in [2.75, 3.05) is 5.32 Å². The molecule has 5 heteroatoms. The standard InChI is InChI=1S/C14H10BrClN2S/c1-8-2-5-12-13(6-8)19-14(18-12)17-9-3-4-11(16)10(15)7-9/h2-7H,1H3,(H,17,18). The molecule has 1 heterocycles. The number of halogens is 2. The minimum atomic E-state index is 0.700. The lowest BCUT2D eigenvalue weighted by atomic mass is 10.2. The van der Waals surface area contributed by atoms with E-state index in [4.69, 9.17) is 11.6 Å². The van der Waals surface area contributed by atoms with Crippen molar-refractivity contribution in [1.29, 1.82) is 0 Å². The predicted octanol–water partition coefficient (Wildman–Crippen LogP) is 5.76. The third kappa shape index (κ3) is 2.76. The van der Waals surface area contributed by atoms with Crippen molar-refractivity contribution >= 4 is 59.9 Å². The van der Waals surface area contributed by atoms with Crippen molar-refractivity contribution in [2.24, 2.45) is 0 Å². The van der Waals surface area contributed by atoms with Gasteiger partial charge in [0, 0.05) is 10.2 Å². The fraction of sp³-hybridized carbons (Fsp3) is 0.0714. The first kappa shape index (κ1) is 12.9. The Kier molecular flexibility index (Phi) is 3.48. The van der Waals surface area contributed by atoms with E-state index in [1.54, 1.807) is 11.3 Å². The van der Waals surface area contributed by atoms with Gasteiger partial charge in [0.2, 0.25) is 0 Å². The van der Waals surface area contributed by atoms with Gasteiger partial charge in [-0.15, -0.1) is 0 Å². The molecule has 0 amide bonds. The van der Waals surface area contributed by atoms with Crippen LogP contribution < -0.4 is 5.32 Å². The van der Waals surface area contributed by atoms with E-state index in [2.05, 4.69) is 45.3 Å². The second kappa shape index (κ2) is 5.12. The number of fused-ring (bicyclic) bond motifs is 1. The van der Waals surface area contributed by atoms with E-state index in [9.17, 15) is 0 Å². The number of nitrogens with zero attached hydrogens (tertiary/aromatic N) is 1. The Bertz CT molecular complexity index is 754. The van der Waals surface area contributed by atoms with Crippen LogP contribution in [0.3, 0.4) is 0 Å². The molecule has 0 spiro atoms. The second-order valence-corrected chi connectivity index (χ2v) is 6.54. The quantitative estimate of drug-likeness (QED) is 0.633. The summed E-state index contributed by atoms with van der Waals surface area (Å²) in [6.45, 7) is 2.09. The SMILES string of the molecule is Cc1ccc2nc(Nc3ccc(Cl)c(Br)c3)sc2c1. The molecular weight excluding hydrogens is 344 g/mol. The first-order chi connectivity index (χ1) is 9.11. The molecule has 0 saturated heterocycles. The van der Waals surface area contributed by atoms with Gasteiger partial charge in [0.1, 0.15) is 0 Å². The van der Waals surface area contributed by atoms with Crippen LogP contribution in [0.1, 0.15) is 5.56 Å². The normalized spacial score (nSPS) is 10.9. The molecule has 0 unspecified atom stereocenters. The lowest BCUT2D eigenvalue weighted by molar-refractivity contribution is 1.43. The van der Waals surface area contributed by atoms with Gasteiger partial charge in [-0.2, -0.15) is 0 Å². The van der Waals surface area contributed by atoms with E-state index in [0.717, 1.165) is 20.8 Å². The van der Waals surface area contributed by atoms with Crippen molar-refractivity contribution in [3.05, 3.63) is 51.5 Å². The average Bonchev–Trinajstić information content (AvgIpc) is 2.75. The number of hydrogen-bond acceptors (Lipinski definition) is 3. The number of anilines is 2. The number of rotatable bonds is 2. The van der Waals surface area contributed by atoms with Crippen LogP contribution in [0.15, 0.2) is 40.9 Å². The van der Waals surface area contributed by atoms with Gasteiger partial charge in [0.15, 0.2) is 5.13 Å². The summed E-state index contributed by atoms with van der Waals surface area (Å²) in [5, 5.41) is 4.88. The summed E-state index contributed by atoms with van der Waals surface area (Å²) in [5.41, 5.74) is 3.23. The van der Waals surface area contributed by atoms with Crippen molar-refractivity contribution in [2.45, 2.75) is 6.92 Å². The zero-order valence-electron chi connectivity index (χ0n) is 10.1. The summed E-state index contributed by atoms with van der Waals surface area (Å²) in [7, 11) is 0. The maximum Gasteiger partial charge on any atom is 0.188 e. The summed E-state index contributed by atoms with van der Waals surface area (Å²) in [5.74, 6) is 0. The molecule has 0 aliphatic rings. The fourth-order valence-electron chi connectivity index (χ4n) is 1.78. The Labute approximate surface area is 128 Å². The summed E-state index contributed by atoms with van der Waals surface area (Å²) >= 11 is 11.0. The molecule has 0 radical (unpaired) electrons. The highest BCUT2D eigenvalue weighted by Crippen LogP contribution is 2.31. The van der Waals surface area contributed by atoms with Crippen molar-refractivity contribution < 1.29 is 0 Å². The highest BCUT2D eigenvalue weighted by Gasteiger charge is 2.05. The van der Waals surface area contributed by atoms with Gasteiger partial charge in [0.25, 0.3) is 0 Å². The van der Waals surface area contributed by atoms with Gasteiger partial charge in [-0.05, 0) is 58.7 Å². The van der Waals surface area contributed by atoms with E-state index >= 15 is 0 Å². The Morgan fingerprint density at radius 1 is 1.21 bits per heavy atom. The first-order valence-electron chi connectivity index (χ1n) is 5.71. The first-order valence-corrected chi connectivity index (χ1v) is 7.70. The number of thiazole rings is 1. The molecule has 0 saturated carbocycles. The minimum Gasteiger partial charge on any atom is -0.331 e. The highest BCUT2D eigenvalue weighted by molar-refractivity contribution is 9.10. The lowest BCUT2D eigenvalue weighted by Gasteiger charge is -2.03. The summed E-state index contributed by atoms with van der Waals surface area (Å²) in [6.07, 6.45) is 0. The number of aryl methyl sites for hydroxylation is 1. The van der Waals surface area contributed by atoms with Crippen molar-refractivity contribution in [3.63, 3.8) is 0 Å². The van der Waals surface area contributed by atoms with Crippen LogP contribution in [0.4, 0.5) is 10.8 Å². The Balaban J connectivity index is 1.94. The molecule has 2 nitrogen and oxygen atoms in total. The van der Waals surface area contributed by atoms with Gasteiger partial charge in [-0.1, -0.05) is 29.0 Å². The Morgan fingerprint density at radius 2 is 2.05 bits per heavy atom. The minimum absolute atomic E-state index is 0.700. The molecule has 1 N–H and O–H groups in total. The summed E-state index contributed by atoms with van der Waals surface area (Å²) in [6, 6.07) is 12.0. The van der Waals surface area contributed by atoms with Crippen molar-refractivity contribution in [1.82, 2.24) is 4.98 Å². The largest absolute Gasteiger partial charge is 0.331 e. The molecule has 3 rings (SSSR count). The average molecular weight is 354 g/mol. The maximum absolute atomic E-state index is 5.98. The second-order valence-electron chi connectivity index (χ2n) is 4.24. The molecule has 96 valence electrons. The molecule has 0 fully saturated rings. The van der Waals surface area contributed by atoms with Crippen molar-refractivity contribution in [3.8, 4) is 0 Å². The van der Waals surface area contributed by atoms with Crippen LogP contribution in [-0.2, 0) is 0 Å². The van der Waals surface area contributed by atoms with Crippen LogP contribution in [-0.4, -0.2) is 4.98 Å². The molecule has 19 heavy (non-hydrogen) atoms. The Morgan fingerprint density at radius 3 is 2.84 bits per heavy atom.